The molecule has 5 heteroatoms. The van der Waals surface area contributed by atoms with Gasteiger partial charge in [-0.2, -0.15) is 8.78 Å². The van der Waals surface area contributed by atoms with E-state index in [4.69, 9.17) is 0 Å². The van der Waals surface area contributed by atoms with Crippen LogP contribution in [0.3, 0.4) is 0 Å². The number of hydrogen-bond acceptors (Lipinski definition) is 2. The summed E-state index contributed by atoms with van der Waals surface area (Å²) in [6.07, 6.45) is 0. The molecule has 2 aromatic heterocycles. The molecular weight excluding hydrogens is 325 g/mol. The van der Waals surface area contributed by atoms with Crippen LogP contribution < -0.4 is 0 Å². The Kier molecular flexibility index (Phi) is 3.13. The van der Waals surface area contributed by atoms with Crippen molar-refractivity contribution in [2.75, 3.05) is 0 Å². The maximum atomic E-state index is 13.2. The third-order valence-corrected chi connectivity index (χ3v) is 2.91. The lowest BCUT2D eigenvalue weighted by molar-refractivity contribution is 0.570. The van der Waals surface area contributed by atoms with Crippen LogP contribution in [-0.2, 0) is 0 Å². The molecule has 0 saturated carbocycles. The molecule has 0 saturated heterocycles. The summed E-state index contributed by atoms with van der Waals surface area (Å²) in [6, 6.07) is 6.40. The summed E-state index contributed by atoms with van der Waals surface area (Å²) in [5.74, 6) is -1.13. The minimum atomic E-state index is -0.569. The van der Waals surface area contributed by atoms with Crippen LogP contribution in [0.4, 0.5) is 8.78 Å². The summed E-state index contributed by atoms with van der Waals surface area (Å²) < 4.78 is 26.8. The number of pyridine rings is 2. The molecule has 0 atom stereocenters. The smallest absolute Gasteiger partial charge is 0.218 e. The quantitative estimate of drug-likeness (QED) is 0.591. The lowest BCUT2D eigenvalue weighted by Crippen LogP contribution is -1.95. The molecule has 0 amide bonds. The number of rotatable bonds is 1. The van der Waals surface area contributed by atoms with Crippen molar-refractivity contribution in [2.24, 2.45) is 0 Å². The second kappa shape index (κ2) is 4.40. The van der Waals surface area contributed by atoms with Crippen molar-refractivity contribution in [3.05, 3.63) is 45.3 Å². The first-order valence-corrected chi connectivity index (χ1v) is 5.61. The predicted octanol–water partition coefficient (Wildman–Crippen LogP) is 3.33. The van der Waals surface area contributed by atoms with Crippen LogP contribution in [0, 0.1) is 22.4 Å². The lowest BCUT2D eigenvalue weighted by Gasteiger charge is -2.02. The second-order valence-corrected chi connectivity index (χ2v) is 4.44. The summed E-state index contributed by atoms with van der Waals surface area (Å²) in [4.78, 5) is 7.43. The van der Waals surface area contributed by atoms with E-state index in [2.05, 4.69) is 9.97 Å². The van der Waals surface area contributed by atoms with E-state index in [1.807, 2.05) is 22.6 Å². The zero-order chi connectivity index (χ0) is 11.7. The summed E-state index contributed by atoms with van der Waals surface area (Å²) in [6.45, 7) is 1.62. The van der Waals surface area contributed by atoms with Gasteiger partial charge in [0, 0.05) is 5.56 Å². The maximum absolute atomic E-state index is 13.2. The van der Waals surface area contributed by atoms with E-state index in [1.165, 1.54) is 0 Å². The molecule has 0 fully saturated rings. The van der Waals surface area contributed by atoms with Crippen LogP contribution in [0.15, 0.2) is 24.3 Å². The van der Waals surface area contributed by atoms with Crippen molar-refractivity contribution in [2.45, 2.75) is 6.92 Å². The van der Waals surface area contributed by atoms with E-state index in [9.17, 15) is 8.78 Å². The van der Waals surface area contributed by atoms with Crippen LogP contribution in [0.2, 0.25) is 0 Å². The van der Waals surface area contributed by atoms with E-state index >= 15 is 0 Å². The molecule has 0 bridgehead atoms. The highest BCUT2D eigenvalue weighted by Gasteiger charge is 2.07. The SMILES string of the molecule is Cc1ccc(-c2ccc(I)c(F)n2)nc1F. The van der Waals surface area contributed by atoms with Crippen LogP contribution in [0.1, 0.15) is 5.56 Å². The summed E-state index contributed by atoms with van der Waals surface area (Å²) in [5, 5.41) is 0. The summed E-state index contributed by atoms with van der Waals surface area (Å²) in [7, 11) is 0. The molecule has 2 nitrogen and oxygen atoms in total. The molecule has 0 unspecified atom stereocenters. The van der Waals surface area contributed by atoms with Gasteiger partial charge in [-0.1, -0.05) is 6.07 Å². The zero-order valence-electron chi connectivity index (χ0n) is 8.34. The van der Waals surface area contributed by atoms with Gasteiger partial charge in [0.25, 0.3) is 0 Å². The normalized spacial score (nSPS) is 10.5. The number of hydrogen-bond donors (Lipinski definition) is 0. The average molecular weight is 332 g/mol. The van der Waals surface area contributed by atoms with Gasteiger partial charge >= 0.3 is 0 Å². The standard InChI is InChI=1S/C11H7F2IN2/c1-6-2-4-8(15-10(6)12)9-5-3-7(14)11(13)16-9/h2-5H,1H3. The molecule has 2 rings (SSSR count). The number of aryl methyl sites for hydroxylation is 1. The van der Waals surface area contributed by atoms with Crippen molar-refractivity contribution in [3.8, 4) is 11.4 Å². The molecular formula is C11H7F2IN2. The van der Waals surface area contributed by atoms with Crippen molar-refractivity contribution in [1.82, 2.24) is 9.97 Å². The first-order valence-electron chi connectivity index (χ1n) is 4.53. The molecule has 0 aromatic carbocycles. The molecule has 0 aliphatic rings. The average Bonchev–Trinajstić information content (AvgIpc) is 2.26. The van der Waals surface area contributed by atoms with Crippen molar-refractivity contribution >= 4 is 22.6 Å². The summed E-state index contributed by atoms with van der Waals surface area (Å²) in [5.41, 5.74) is 1.12. The highest BCUT2D eigenvalue weighted by atomic mass is 127. The predicted molar refractivity (Wildman–Crippen MR) is 64.8 cm³/mol. The van der Waals surface area contributed by atoms with Crippen molar-refractivity contribution in [3.63, 3.8) is 0 Å². The Hall–Kier alpha value is -1.11. The Morgan fingerprint density at radius 2 is 1.50 bits per heavy atom. The molecule has 0 radical (unpaired) electrons. The number of halogens is 3. The highest BCUT2D eigenvalue weighted by Crippen LogP contribution is 2.18. The minimum absolute atomic E-state index is 0.330. The van der Waals surface area contributed by atoms with Gasteiger partial charge in [0.1, 0.15) is 0 Å². The van der Waals surface area contributed by atoms with Gasteiger partial charge in [0.05, 0.1) is 15.0 Å². The summed E-state index contributed by atoms with van der Waals surface area (Å²) >= 11 is 1.84. The zero-order valence-corrected chi connectivity index (χ0v) is 10.5. The van der Waals surface area contributed by atoms with Gasteiger partial charge in [0.15, 0.2) is 0 Å². The van der Waals surface area contributed by atoms with E-state index < -0.39 is 11.9 Å². The molecule has 0 N–H and O–H groups in total. The Bertz CT molecular complexity index is 494. The molecule has 2 aromatic rings. The molecule has 2 heterocycles. The molecule has 16 heavy (non-hydrogen) atoms. The third kappa shape index (κ3) is 2.18. The van der Waals surface area contributed by atoms with E-state index in [1.54, 1.807) is 31.2 Å². The second-order valence-electron chi connectivity index (χ2n) is 3.27. The number of nitrogens with zero attached hydrogens (tertiary/aromatic N) is 2. The van der Waals surface area contributed by atoms with Crippen LogP contribution in [-0.4, -0.2) is 9.97 Å². The number of aromatic nitrogens is 2. The fraction of sp³-hybridized carbons (Fsp3) is 0.0909. The van der Waals surface area contributed by atoms with E-state index in [0.717, 1.165) is 0 Å². The Morgan fingerprint density at radius 3 is 2.06 bits per heavy atom. The first-order chi connectivity index (χ1) is 7.58. The minimum Gasteiger partial charge on any atom is -0.218 e. The molecule has 82 valence electrons. The Morgan fingerprint density at radius 1 is 0.938 bits per heavy atom. The Labute approximate surface area is 105 Å². The van der Waals surface area contributed by atoms with Crippen LogP contribution in [0.25, 0.3) is 11.4 Å². The fourth-order valence-corrected chi connectivity index (χ4v) is 1.51. The third-order valence-electron chi connectivity index (χ3n) is 2.10. The molecule has 0 aliphatic heterocycles. The largest absolute Gasteiger partial charge is 0.226 e. The van der Waals surface area contributed by atoms with Gasteiger partial charge in [0.2, 0.25) is 11.9 Å². The highest BCUT2D eigenvalue weighted by molar-refractivity contribution is 14.1. The van der Waals surface area contributed by atoms with Gasteiger partial charge in [-0.05, 0) is 47.7 Å². The Balaban J connectivity index is 2.50. The van der Waals surface area contributed by atoms with Crippen LogP contribution >= 0.6 is 22.6 Å². The monoisotopic (exact) mass is 332 g/mol. The lowest BCUT2D eigenvalue weighted by atomic mass is 10.2. The van der Waals surface area contributed by atoms with Crippen molar-refractivity contribution < 1.29 is 8.78 Å². The van der Waals surface area contributed by atoms with E-state index in [0.29, 0.717) is 20.5 Å². The molecule has 0 aliphatic carbocycles. The van der Waals surface area contributed by atoms with Gasteiger partial charge in [-0.3, -0.25) is 0 Å². The van der Waals surface area contributed by atoms with E-state index in [-0.39, 0.29) is 0 Å². The first kappa shape index (κ1) is 11.4. The maximum Gasteiger partial charge on any atom is 0.226 e. The van der Waals surface area contributed by atoms with Gasteiger partial charge < -0.3 is 0 Å². The topological polar surface area (TPSA) is 25.8 Å². The molecule has 0 spiro atoms. The fourth-order valence-electron chi connectivity index (χ4n) is 1.21. The van der Waals surface area contributed by atoms with Crippen LogP contribution in [0.5, 0.6) is 0 Å². The van der Waals surface area contributed by atoms with Gasteiger partial charge in [-0.25, -0.2) is 9.97 Å². The van der Waals surface area contributed by atoms with Crippen molar-refractivity contribution in [1.29, 1.82) is 0 Å². The van der Waals surface area contributed by atoms with Gasteiger partial charge in [-0.15, -0.1) is 0 Å².